The predicted molar refractivity (Wildman–Crippen MR) is 161 cm³/mol. The molecule has 2 rings (SSSR count). The molecule has 2 N–H and O–H groups in total. The zero-order valence-electron chi connectivity index (χ0n) is 25.7. The highest BCUT2D eigenvalue weighted by molar-refractivity contribution is 5.92. The maximum Gasteiger partial charge on any atom is 0.408 e. The first-order valence-corrected chi connectivity index (χ1v) is 14.6. The van der Waals surface area contributed by atoms with Crippen LogP contribution in [-0.4, -0.2) is 41.0 Å². The molecule has 2 aromatic rings. The summed E-state index contributed by atoms with van der Waals surface area (Å²) in [6, 6.07) is 13.9. The van der Waals surface area contributed by atoms with Crippen LogP contribution in [0.3, 0.4) is 0 Å². The second kappa shape index (κ2) is 15.4. The minimum atomic E-state index is -0.847. The van der Waals surface area contributed by atoms with E-state index < -0.39 is 23.8 Å². The fourth-order valence-electron chi connectivity index (χ4n) is 4.60. The maximum atomic E-state index is 14.4. The van der Waals surface area contributed by atoms with E-state index in [-0.39, 0.29) is 17.7 Å². The summed E-state index contributed by atoms with van der Waals surface area (Å²) in [4.78, 5) is 42.9. The van der Waals surface area contributed by atoms with Crippen LogP contribution in [0.4, 0.5) is 4.79 Å². The molecule has 0 bridgehead atoms. The second-order valence-electron chi connectivity index (χ2n) is 11.6. The van der Waals surface area contributed by atoms with E-state index in [0.29, 0.717) is 19.5 Å². The van der Waals surface area contributed by atoms with Crippen LogP contribution < -0.4 is 10.6 Å². The van der Waals surface area contributed by atoms with Crippen molar-refractivity contribution >= 4 is 17.9 Å². The summed E-state index contributed by atoms with van der Waals surface area (Å²) in [5.41, 5.74) is 3.08. The number of nitrogens with one attached hydrogen (secondary N) is 2. The third-order valence-corrected chi connectivity index (χ3v) is 7.25. The average molecular weight is 552 g/mol. The number of benzene rings is 2. The zero-order valence-corrected chi connectivity index (χ0v) is 25.7. The van der Waals surface area contributed by atoms with Crippen LogP contribution >= 0.6 is 0 Å². The molecule has 0 aliphatic carbocycles. The number of ether oxygens (including phenoxy) is 1. The van der Waals surface area contributed by atoms with E-state index in [1.807, 2.05) is 76.2 Å². The van der Waals surface area contributed by atoms with Gasteiger partial charge >= 0.3 is 6.09 Å². The smallest absolute Gasteiger partial charge is 0.408 e. The fourth-order valence-corrected chi connectivity index (χ4v) is 4.60. The van der Waals surface area contributed by atoms with Gasteiger partial charge in [-0.05, 0) is 69.2 Å². The summed E-state index contributed by atoms with van der Waals surface area (Å²) >= 11 is 0. The number of amides is 3. The molecule has 0 saturated heterocycles. The molecule has 220 valence electrons. The standard InChI is InChI=1S/C33H49N3O4/c1-9-11-15-21-36(31(38)28(23(3)10-2)35-32(39)40-33(6,7)8)29(27-20-16-17-24(4)25(27)5)30(37)34-22-26-18-13-12-14-19-26/h12-14,16-20,23,28-29H,9-11,15,21-22H2,1-8H3,(H,34,37)(H,35,39). The molecule has 0 spiro atoms. The minimum absolute atomic E-state index is 0.166. The van der Waals surface area contributed by atoms with Crippen LogP contribution in [0.2, 0.25) is 0 Å². The van der Waals surface area contributed by atoms with Crippen LogP contribution in [0.5, 0.6) is 0 Å². The van der Waals surface area contributed by atoms with Crippen LogP contribution in [-0.2, 0) is 20.9 Å². The van der Waals surface area contributed by atoms with Crippen molar-refractivity contribution in [3.05, 3.63) is 70.8 Å². The lowest BCUT2D eigenvalue weighted by Crippen LogP contribution is -2.55. The van der Waals surface area contributed by atoms with E-state index in [2.05, 4.69) is 17.6 Å². The van der Waals surface area contributed by atoms with Crippen LogP contribution in [0.15, 0.2) is 48.5 Å². The van der Waals surface area contributed by atoms with Gasteiger partial charge < -0.3 is 20.3 Å². The lowest BCUT2D eigenvalue weighted by molar-refractivity contribution is -0.143. The van der Waals surface area contributed by atoms with Crippen LogP contribution in [0.25, 0.3) is 0 Å². The van der Waals surface area contributed by atoms with Crippen molar-refractivity contribution in [3.8, 4) is 0 Å². The molecule has 3 atom stereocenters. The first kappa shape index (κ1) is 32.9. The molecule has 0 saturated carbocycles. The molecule has 7 nitrogen and oxygen atoms in total. The Hall–Kier alpha value is -3.35. The van der Waals surface area contributed by atoms with Gasteiger partial charge in [0.2, 0.25) is 11.8 Å². The number of carbonyl (C=O) groups excluding carboxylic acids is 3. The molecule has 2 aromatic carbocycles. The highest BCUT2D eigenvalue weighted by atomic mass is 16.6. The molecule has 0 heterocycles. The zero-order chi connectivity index (χ0) is 29.9. The number of hydrogen-bond donors (Lipinski definition) is 2. The Morgan fingerprint density at radius 3 is 2.23 bits per heavy atom. The summed E-state index contributed by atoms with van der Waals surface area (Å²) in [5, 5.41) is 5.92. The summed E-state index contributed by atoms with van der Waals surface area (Å²) in [6.07, 6.45) is 2.67. The number of unbranched alkanes of at least 4 members (excludes halogenated alkanes) is 2. The molecule has 0 radical (unpaired) electrons. The monoisotopic (exact) mass is 551 g/mol. The van der Waals surface area contributed by atoms with Gasteiger partial charge in [-0.15, -0.1) is 0 Å². The SMILES string of the molecule is CCCCCN(C(=O)C(NC(=O)OC(C)(C)C)C(C)CC)C(C(=O)NCc1ccccc1)c1cccc(C)c1C. The predicted octanol–water partition coefficient (Wildman–Crippen LogP) is 6.62. The Bertz CT molecular complexity index is 1110. The molecular weight excluding hydrogens is 502 g/mol. The third-order valence-electron chi connectivity index (χ3n) is 7.25. The normalized spacial score (nSPS) is 13.6. The van der Waals surface area contributed by atoms with Crippen molar-refractivity contribution < 1.29 is 19.1 Å². The largest absolute Gasteiger partial charge is 0.444 e. The lowest BCUT2D eigenvalue weighted by atomic mass is 9.92. The van der Waals surface area contributed by atoms with Gasteiger partial charge in [-0.2, -0.15) is 0 Å². The summed E-state index contributed by atoms with van der Waals surface area (Å²) in [7, 11) is 0. The second-order valence-corrected chi connectivity index (χ2v) is 11.6. The van der Waals surface area contributed by atoms with E-state index in [0.717, 1.165) is 41.5 Å². The molecular formula is C33H49N3O4. The van der Waals surface area contributed by atoms with Gasteiger partial charge in [0.15, 0.2) is 0 Å². The van der Waals surface area contributed by atoms with Crippen molar-refractivity contribution in [2.24, 2.45) is 5.92 Å². The minimum Gasteiger partial charge on any atom is -0.444 e. The molecule has 0 aliphatic heterocycles. The molecule has 0 aliphatic rings. The molecule has 0 fully saturated rings. The number of alkyl carbamates (subject to hydrolysis) is 1. The number of rotatable bonds is 13. The van der Waals surface area contributed by atoms with E-state index in [4.69, 9.17) is 4.74 Å². The quantitative estimate of drug-likeness (QED) is 0.274. The summed E-state index contributed by atoms with van der Waals surface area (Å²) < 4.78 is 5.51. The number of hydrogen-bond acceptors (Lipinski definition) is 4. The maximum absolute atomic E-state index is 14.4. The van der Waals surface area contributed by atoms with Crippen LogP contribution in [0.1, 0.15) is 95.5 Å². The van der Waals surface area contributed by atoms with Gasteiger partial charge in [-0.3, -0.25) is 9.59 Å². The van der Waals surface area contributed by atoms with Crippen molar-refractivity contribution in [3.63, 3.8) is 0 Å². The Kier molecular flexibility index (Phi) is 12.7. The van der Waals surface area contributed by atoms with Crippen LogP contribution in [0, 0.1) is 19.8 Å². The Morgan fingerprint density at radius 1 is 0.950 bits per heavy atom. The highest BCUT2D eigenvalue weighted by Crippen LogP contribution is 2.29. The van der Waals surface area contributed by atoms with Gasteiger partial charge in [0.1, 0.15) is 17.7 Å². The fraction of sp³-hybridized carbons (Fsp3) is 0.545. The van der Waals surface area contributed by atoms with Gasteiger partial charge in [0, 0.05) is 13.1 Å². The third kappa shape index (κ3) is 9.68. The van der Waals surface area contributed by atoms with Gasteiger partial charge in [-0.1, -0.05) is 88.6 Å². The Morgan fingerprint density at radius 2 is 1.62 bits per heavy atom. The van der Waals surface area contributed by atoms with E-state index in [1.54, 1.807) is 25.7 Å². The van der Waals surface area contributed by atoms with Crippen molar-refractivity contribution in [1.29, 1.82) is 0 Å². The average Bonchev–Trinajstić information content (AvgIpc) is 2.91. The van der Waals surface area contributed by atoms with Gasteiger partial charge in [0.05, 0.1) is 0 Å². The number of aryl methyl sites for hydroxylation is 1. The van der Waals surface area contributed by atoms with Crippen molar-refractivity contribution in [2.75, 3.05) is 6.54 Å². The molecule has 0 aromatic heterocycles. The highest BCUT2D eigenvalue weighted by Gasteiger charge is 2.38. The summed E-state index contributed by atoms with van der Waals surface area (Å²) in [6.45, 7) is 16.1. The first-order chi connectivity index (χ1) is 18.9. The number of carbonyl (C=O) groups is 3. The molecule has 7 heteroatoms. The van der Waals surface area contributed by atoms with E-state index in [1.165, 1.54) is 0 Å². The van der Waals surface area contributed by atoms with E-state index >= 15 is 0 Å². The molecule has 3 amide bonds. The van der Waals surface area contributed by atoms with Gasteiger partial charge in [-0.25, -0.2) is 4.79 Å². The first-order valence-electron chi connectivity index (χ1n) is 14.6. The number of nitrogens with zero attached hydrogens (tertiary/aromatic N) is 1. The topological polar surface area (TPSA) is 87.7 Å². The van der Waals surface area contributed by atoms with Crippen molar-refractivity contribution in [1.82, 2.24) is 15.5 Å². The van der Waals surface area contributed by atoms with Crippen molar-refractivity contribution in [2.45, 2.75) is 105 Å². The van der Waals surface area contributed by atoms with Gasteiger partial charge in [0.25, 0.3) is 0 Å². The summed E-state index contributed by atoms with van der Waals surface area (Å²) in [5.74, 6) is -0.694. The molecule has 40 heavy (non-hydrogen) atoms. The Labute approximate surface area is 241 Å². The molecule has 3 unspecified atom stereocenters. The van der Waals surface area contributed by atoms with E-state index in [9.17, 15) is 14.4 Å². The Balaban J connectivity index is 2.55. The lowest BCUT2D eigenvalue weighted by Gasteiger charge is -2.36.